The van der Waals surface area contributed by atoms with Crippen molar-refractivity contribution in [3.05, 3.63) is 30.4 Å². The van der Waals surface area contributed by atoms with Crippen LogP contribution < -0.4 is 4.90 Å². The summed E-state index contributed by atoms with van der Waals surface area (Å²) in [5.41, 5.74) is 2.00. The van der Waals surface area contributed by atoms with Crippen molar-refractivity contribution in [2.75, 3.05) is 24.5 Å². The van der Waals surface area contributed by atoms with E-state index < -0.39 is 0 Å². The molecule has 2 aromatic heterocycles. The van der Waals surface area contributed by atoms with E-state index in [2.05, 4.69) is 21.3 Å². The Labute approximate surface area is 141 Å². The van der Waals surface area contributed by atoms with Crippen LogP contribution in [0.15, 0.2) is 24.8 Å². The average Bonchev–Trinajstić information content (AvgIpc) is 3.24. The van der Waals surface area contributed by atoms with Gasteiger partial charge < -0.3 is 4.90 Å². The summed E-state index contributed by atoms with van der Waals surface area (Å²) >= 11 is 0. The summed E-state index contributed by atoms with van der Waals surface area (Å²) < 4.78 is 3.59. The van der Waals surface area contributed by atoms with Crippen molar-refractivity contribution >= 4 is 11.6 Å². The van der Waals surface area contributed by atoms with Crippen LogP contribution in [0.4, 0.5) is 5.69 Å². The van der Waals surface area contributed by atoms with E-state index in [9.17, 15) is 4.79 Å². The summed E-state index contributed by atoms with van der Waals surface area (Å²) in [6.07, 6.45) is 10.6. The lowest BCUT2D eigenvalue weighted by Crippen LogP contribution is -2.44. The molecule has 4 heterocycles. The fraction of sp³-hybridized carbons (Fsp3) is 0.588. The fourth-order valence-electron chi connectivity index (χ4n) is 4.03. The van der Waals surface area contributed by atoms with Gasteiger partial charge in [0.25, 0.3) is 0 Å². The maximum atomic E-state index is 13.0. The van der Waals surface area contributed by atoms with Gasteiger partial charge in [-0.05, 0) is 32.4 Å². The number of nitrogens with zero attached hydrogens (tertiary/aromatic N) is 6. The SMILES string of the molecule is Cn1cc(CN2CCC3(CC2)CCN(c2cnn(C)c2)C3=O)cn1. The fourth-order valence-corrected chi connectivity index (χ4v) is 4.03. The third kappa shape index (κ3) is 2.62. The number of aryl methyl sites for hydroxylation is 2. The predicted octanol–water partition coefficient (Wildman–Crippen LogP) is 1.17. The summed E-state index contributed by atoms with van der Waals surface area (Å²) in [5.74, 6) is 0.288. The smallest absolute Gasteiger partial charge is 0.233 e. The maximum Gasteiger partial charge on any atom is 0.233 e. The first-order chi connectivity index (χ1) is 11.6. The van der Waals surface area contributed by atoms with Gasteiger partial charge in [0.1, 0.15) is 0 Å². The van der Waals surface area contributed by atoms with Crippen molar-refractivity contribution in [1.82, 2.24) is 24.5 Å². The van der Waals surface area contributed by atoms with Crippen molar-refractivity contribution in [3.63, 3.8) is 0 Å². The Morgan fingerprint density at radius 3 is 2.29 bits per heavy atom. The number of anilines is 1. The van der Waals surface area contributed by atoms with E-state index in [1.807, 2.05) is 36.1 Å². The minimum absolute atomic E-state index is 0.165. The zero-order chi connectivity index (χ0) is 16.7. The molecule has 24 heavy (non-hydrogen) atoms. The van der Waals surface area contributed by atoms with Gasteiger partial charge in [0.15, 0.2) is 0 Å². The molecule has 7 heteroatoms. The maximum absolute atomic E-state index is 13.0. The van der Waals surface area contributed by atoms with Gasteiger partial charge in [-0.1, -0.05) is 0 Å². The van der Waals surface area contributed by atoms with Crippen molar-refractivity contribution in [1.29, 1.82) is 0 Å². The van der Waals surface area contributed by atoms with Crippen LogP contribution in [0.25, 0.3) is 0 Å². The highest BCUT2D eigenvalue weighted by Crippen LogP contribution is 2.43. The van der Waals surface area contributed by atoms with E-state index in [1.54, 1.807) is 10.9 Å². The highest BCUT2D eigenvalue weighted by Gasteiger charge is 2.48. The molecule has 0 aliphatic carbocycles. The van der Waals surface area contributed by atoms with Gasteiger partial charge >= 0.3 is 0 Å². The molecular weight excluding hydrogens is 304 g/mol. The van der Waals surface area contributed by atoms with Crippen molar-refractivity contribution in [3.8, 4) is 0 Å². The first-order valence-electron chi connectivity index (χ1n) is 8.56. The molecule has 2 aromatic rings. The molecule has 0 N–H and O–H groups in total. The van der Waals surface area contributed by atoms with Crippen molar-refractivity contribution in [2.45, 2.75) is 25.8 Å². The van der Waals surface area contributed by atoms with Gasteiger partial charge in [-0.25, -0.2) is 0 Å². The van der Waals surface area contributed by atoms with E-state index in [1.165, 1.54) is 5.56 Å². The Balaban J connectivity index is 1.40. The highest BCUT2D eigenvalue weighted by atomic mass is 16.2. The Kier molecular flexibility index (Phi) is 3.68. The monoisotopic (exact) mass is 328 g/mol. The molecule has 0 saturated carbocycles. The Hall–Kier alpha value is -2.15. The van der Waals surface area contributed by atoms with Crippen LogP contribution in [0.2, 0.25) is 0 Å². The van der Waals surface area contributed by atoms with E-state index >= 15 is 0 Å². The molecule has 2 saturated heterocycles. The van der Waals surface area contributed by atoms with E-state index in [4.69, 9.17) is 0 Å². The minimum atomic E-state index is -0.165. The molecule has 2 aliphatic rings. The summed E-state index contributed by atoms with van der Waals surface area (Å²) in [4.78, 5) is 17.4. The minimum Gasteiger partial charge on any atom is -0.309 e. The second-order valence-corrected chi connectivity index (χ2v) is 7.16. The molecule has 2 aliphatic heterocycles. The number of piperidine rings is 1. The lowest BCUT2D eigenvalue weighted by atomic mass is 9.77. The topological polar surface area (TPSA) is 59.2 Å². The summed E-state index contributed by atoms with van der Waals surface area (Å²) in [6, 6.07) is 0. The van der Waals surface area contributed by atoms with Crippen LogP contribution in [0.1, 0.15) is 24.8 Å². The normalized spacial score (nSPS) is 21.1. The molecular formula is C17H24N6O. The Bertz CT molecular complexity index is 740. The number of likely N-dealkylation sites (tertiary alicyclic amines) is 1. The van der Waals surface area contributed by atoms with E-state index in [0.29, 0.717) is 0 Å². The molecule has 4 rings (SSSR count). The van der Waals surface area contributed by atoms with Gasteiger partial charge in [-0.15, -0.1) is 0 Å². The number of hydrogen-bond acceptors (Lipinski definition) is 4. The van der Waals surface area contributed by atoms with Crippen LogP contribution in [0, 0.1) is 5.41 Å². The summed E-state index contributed by atoms with van der Waals surface area (Å²) in [6.45, 7) is 3.68. The highest BCUT2D eigenvalue weighted by molar-refractivity contribution is 5.99. The number of rotatable bonds is 3. The van der Waals surface area contributed by atoms with Crippen molar-refractivity contribution < 1.29 is 4.79 Å². The van der Waals surface area contributed by atoms with Gasteiger partial charge in [-0.3, -0.25) is 19.1 Å². The second-order valence-electron chi connectivity index (χ2n) is 7.16. The third-order valence-electron chi connectivity index (χ3n) is 5.49. The van der Waals surface area contributed by atoms with Gasteiger partial charge in [0.2, 0.25) is 5.91 Å². The average molecular weight is 328 g/mol. The van der Waals surface area contributed by atoms with Gasteiger partial charge in [0, 0.05) is 45.1 Å². The lowest BCUT2D eigenvalue weighted by Gasteiger charge is -2.37. The molecule has 7 nitrogen and oxygen atoms in total. The van der Waals surface area contributed by atoms with Crippen LogP contribution >= 0.6 is 0 Å². The second kappa shape index (κ2) is 5.73. The summed E-state index contributed by atoms with van der Waals surface area (Å²) in [7, 11) is 3.83. The molecule has 0 bridgehead atoms. The number of amides is 1. The first kappa shape index (κ1) is 15.4. The van der Waals surface area contributed by atoms with E-state index in [0.717, 1.165) is 51.1 Å². The zero-order valence-corrected chi connectivity index (χ0v) is 14.4. The molecule has 1 amide bonds. The van der Waals surface area contributed by atoms with Crippen LogP contribution in [0.5, 0.6) is 0 Å². The zero-order valence-electron chi connectivity index (χ0n) is 14.4. The first-order valence-corrected chi connectivity index (χ1v) is 8.56. The molecule has 0 radical (unpaired) electrons. The number of carbonyl (C=O) groups excluding carboxylic acids is 1. The largest absolute Gasteiger partial charge is 0.309 e. The Morgan fingerprint density at radius 2 is 1.67 bits per heavy atom. The van der Waals surface area contributed by atoms with Crippen LogP contribution in [0.3, 0.4) is 0 Å². The molecule has 0 unspecified atom stereocenters. The number of hydrogen-bond donors (Lipinski definition) is 0. The predicted molar refractivity (Wildman–Crippen MR) is 90.3 cm³/mol. The third-order valence-corrected chi connectivity index (χ3v) is 5.49. The molecule has 0 atom stereocenters. The quantitative estimate of drug-likeness (QED) is 0.849. The number of carbonyl (C=O) groups is 1. The molecule has 0 aromatic carbocycles. The van der Waals surface area contributed by atoms with Crippen LogP contribution in [-0.2, 0) is 25.4 Å². The van der Waals surface area contributed by atoms with Crippen LogP contribution in [-0.4, -0.2) is 50.0 Å². The van der Waals surface area contributed by atoms with E-state index in [-0.39, 0.29) is 11.3 Å². The van der Waals surface area contributed by atoms with Gasteiger partial charge in [-0.2, -0.15) is 10.2 Å². The van der Waals surface area contributed by atoms with Gasteiger partial charge in [0.05, 0.1) is 23.5 Å². The standard InChI is InChI=1S/C17H24N6O/c1-20-11-14(9-18-20)12-22-6-3-17(4-7-22)5-8-23(16(17)24)15-10-19-21(2)13-15/h9-11,13H,3-8,12H2,1-2H3. The number of aromatic nitrogens is 4. The molecule has 1 spiro atoms. The molecule has 128 valence electrons. The Morgan fingerprint density at radius 1 is 1.00 bits per heavy atom. The summed E-state index contributed by atoms with van der Waals surface area (Å²) in [5, 5.41) is 8.43. The lowest BCUT2D eigenvalue weighted by molar-refractivity contribution is -0.128. The van der Waals surface area contributed by atoms with Crippen molar-refractivity contribution in [2.24, 2.45) is 19.5 Å². The molecule has 2 fully saturated rings.